The zero-order valence-corrected chi connectivity index (χ0v) is 19.5. The van der Waals surface area contributed by atoms with Crippen LogP contribution in [0.4, 0.5) is 5.69 Å². The first-order valence-corrected chi connectivity index (χ1v) is 12.4. The summed E-state index contributed by atoms with van der Waals surface area (Å²) in [4.78, 5) is 26.5. The van der Waals surface area contributed by atoms with Gasteiger partial charge in [0.25, 0.3) is 11.8 Å². The van der Waals surface area contributed by atoms with Crippen molar-refractivity contribution < 1.29 is 14.3 Å². The molecule has 0 bridgehead atoms. The van der Waals surface area contributed by atoms with Gasteiger partial charge >= 0.3 is 0 Å². The van der Waals surface area contributed by atoms with Gasteiger partial charge in [0.15, 0.2) is 0 Å². The molecule has 1 heterocycles. The van der Waals surface area contributed by atoms with Gasteiger partial charge < -0.3 is 15.4 Å². The SMILES string of the molecule is CCCCSCCCNC(=O)c1ccc2c(c1)NC(=O)/C(=C\c1ccc(OC)cc1)S2. The fourth-order valence-electron chi connectivity index (χ4n) is 2.98. The lowest BCUT2D eigenvalue weighted by atomic mass is 10.1. The van der Waals surface area contributed by atoms with Crippen molar-refractivity contribution in [3.05, 3.63) is 58.5 Å². The van der Waals surface area contributed by atoms with Crippen molar-refractivity contribution in [3.63, 3.8) is 0 Å². The zero-order chi connectivity index (χ0) is 22.1. The highest BCUT2D eigenvalue weighted by molar-refractivity contribution is 8.04. The van der Waals surface area contributed by atoms with Crippen LogP contribution in [-0.2, 0) is 4.79 Å². The predicted molar refractivity (Wildman–Crippen MR) is 131 cm³/mol. The van der Waals surface area contributed by atoms with Gasteiger partial charge in [-0.2, -0.15) is 11.8 Å². The highest BCUT2D eigenvalue weighted by Crippen LogP contribution is 2.39. The number of ether oxygens (including phenoxy) is 1. The van der Waals surface area contributed by atoms with Crippen molar-refractivity contribution in [2.45, 2.75) is 31.1 Å². The number of unbranched alkanes of at least 4 members (excludes halogenated alkanes) is 1. The van der Waals surface area contributed by atoms with Crippen LogP contribution in [0.2, 0.25) is 0 Å². The molecule has 0 radical (unpaired) electrons. The molecule has 2 N–H and O–H groups in total. The Bertz CT molecular complexity index is 942. The molecule has 1 aliphatic heterocycles. The second-order valence-electron chi connectivity index (χ2n) is 7.12. The van der Waals surface area contributed by atoms with E-state index in [1.54, 1.807) is 19.2 Å². The lowest BCUT2D eigenvalue weighted by Gasteiger charge is -2.19. The van der Waals surface area contributed by atoms with Crippen LogP contribution >= 0.6 is 23.5 Å². The second-order valence-corrected chi connectivity index (χ2v) is 9.43. The summed E-state index contributed by atoms with van der Waals surface area (Å²) in [5.74, 6) is 2.73. The van der Waals surface area contributed by atoms with Crippen LogP contribution in [0, 0.1) is 0 Å². The Morgan fingerprint density at radius 1 is 1.16 bits per heavy atom. The number of carbonyl (C=O) groups excluding carboxylic acids is 2. The van der Waals surface area contributed by atoms with E-state index in [4.69, 9.17) is 4.74 Å². The van der Waals surface area contributed by atoms with E-state index in [-0.39, 0.29) is 11.8 Å². The molecule has 0 aromatic heterocycles. The number of rotatable bonds is 10. The zero-order valence-electron chi connectivity index (χ0n) is 17.9. The number of hydrogen-bond donors (Lipinski definition) is 2. The lowest BCUT2D eigenvalue weighted by molar-refractivity contribution is -0.112. The minimum atomic E-state index is -0.171. The van der Waals surface area contributed by atoms with Crippen LogP contribution in [0.1, 0.15) is 42.1 Å². The fourth-order valence-corrected chi connectivity index (χ4v) is 4.96. The average molecular weight is 457 g/mol. The van der Waals surface area contributed by atoms with E-state index in [9.17, 15) is 9.59 Å². The highest BCUT2D eigenvalue weighted by atomic mass is 32.2. The molecule has 31 heavy (non-hydrogen) atoms. The molecule has 5 nitrogen and oxygen atoms in total. The Morgan fingerprint density at radius 3 is 2.68 bits per heavy atom. The third kappa shape index (κ3) is 6.80. The molecule has 7 heteroatoms. The molecule has 0 spiro atoms. The van der Waals surface area contributed by atoms with Gasteiger partial charge in [-0.1, -0.05) is 37.2 Å². The van der Waals surface area contributed by atoms with Gasteiger partial charge in [0.05, 0.1) is 17.7 Å². The smallest absolute Gasteiger partial charge is 0.262 e. The Hall–Kier alpha value is -2.38. The van der Waals surface area contributed by atoms with E-state index in [2.05, 4.69) is 17.6 Å². The van der Waals surface area contributed by atoms with Gasteiger partial charge in [-0.25, -0.2) is 0 Å². The van der Waals surface area contributed by atoms with Crippen LogP contribution < -0.4 is 15.4 Å². The van der Waals surface area contributed by atoms with Crippen LogP contribution in [0.5, 0.6) is 5.75 Å². The molecule has 2 aromatic carbocycles. The van der Waals surface area contributed by atoms with Gasteiger partial charge in [-0.3, -0.25) is 9.59 Å². The van der Waals surface area contributed by atoms with Crippen LogP contribution in [0.15, 0.2) is 52.3 Å². The number of thioether (sulfide) groups is 2. The van der Waals surface area contributed by atoms with Crippen molar-refractivity contribution in [2.24, 2.45) is 0 Å². The van der Waals surface area contributed by atoms with Gasteiger partial charge in [0.1, 0.15) is 5.75 Å². The van der Waals surface area contributed by atoms with Crippen molar-refractivity contribution >= 4 is 47.1 Å². The molecule has 3 rings (SSSR count). The maximum absolute atomic E-state index is 12.6. The van der Waals surface area contributed by atoms with Crippen LogP contribution in [0.25, 0.3) is 6.08 Å². The summed E-state index contributed by atoms with van der Waals surface area (Å²) in [6, 6.07) is 13.0. The van der Waals surface area contributed by atoms with E-state index >= 15 is 0 Å². The fraction of sp³-hybridized carbons (Fsp3) is 0.333. The maximum Gasteiger partial charge on any atom is 0.262 e. The largest absolute Gasteiger partial charge is 0.497 e. The summed E-state index contributed by atoms with van der Waals surface area (Å²) in [5.41, 5.74) is 2.15. The highest BCUT2D eigenvalue weighted by Gasteiger charge is 2.22. The number of amides is 2. The summed E-state index contributed by atoms with van der Waals surface area (Å²) in [6.07, 6.45) is 5.27. The lowest BCUT2D eigenvalue weighted by Crippen LogP contribution is -2.25. The van der Waals surface area contributed by atoms with E-state index in [0.29, 0.717) is 22.7 Å². The molecule has 1 aliphatic rings. The second kappa shape index (κ2) is 11.9. The number of benzene rings is 2. The van der Waals surface area contributed by atoms with E-state index in [0.717, 1.165) is 28.4 Å². The third-order valence-electron chi connectivity index (χ3n) is 4.74. The molecular weight excluding hydrogens is 428 g/mol. The number of anilines is 1. The number of carbonyl (C=O) groups is 2. The van der Waals surface area contributed by atoms with Crippen molar-refractivity contribution in [1.82, 2.24) is 5.32 Å². The molecule has 0 atom stereocenters. The molecule has 0 saturated heterocycles. The summed E-state index contributed by atoms with van der Waals surface area (Å²) in [6.45, 7) is 2.85. The van der Waals surface area contributed by atoms with Gasteiger partial charge in [-0.05, 0) is 66.3 Å². The Labute approximate surface area is 192 Å². The molecule has 164 valence electrons. The van der Waals surface area contributed by atoms with Crippen molar-refractivity contribution in [2.75, 3.05) is 30.5 Å². The van der Waals surface area contributed by atoms with E-state index < -0.39 is 0 Å². The topological polar surface area (TPSA) is 67.4 Å². The predicted octanol–water partition coefficient (Wildman–Crippen LogP) is 5.43. The van der Waals surface area contributed by atoms with Gasteiger partial charge in [0.2, 0.25) is 0 Å². The number of hydrogen-bond acceptors (Lipinski definition) is 5. The Morgan fingerprint density at radius 2 is 1.94 bits per heavy atom. The minimum Gasteiger partial charge on any atom is -0.497 e. The Balaban J connectivity index is 1.57. The first kappa shape index (κ1) is 23.3. The molecule has 0 unspecified atom stereocenters. The monoisotopic (exact) mass is 456 g/mol. The van der Waals surface area contributed by atoms with Gasteiger partial charge in [0, 0.05) is 17.0 Å². The quantitative estimate of drug-likeness (QED) is 0.368. The maximum atomic E-state index is 12.6. The molecular formula is C24H28N2O3S2. The number of methoxy groups -OCH3 is 1. The minimum absolute atomic E-state index is 0.111. The van der Waals surface area contributed by atoms with Crippen LogP contribution in [-0.4, -0.2) is 37.0 Å². The average Bonchev–Trinajstić information content (AvgIpc) is 2.79. The van der Waals surface area contributed by atoms with E-state index in [1.807, 2.05) is 48.2 Å². The Kier molecular flexibility index (Phi) is 8.91. The summed E-state index contributed by atoms with van der Waals surface area (Å²) in [5, 5.41) is 5.87. The molecule has 0 fully saturated rings. The molecule has 2 amide bonds. The third-order valence-corrected chi connectivity index (χ3v) is 6.99. The van der Waals surface area contributed by atoms with Crippen LogP contribution in [0.3, 0.4) is 0 Å². The normalized spacial score (nSPS) is 14.1. The molecule has 0 saturated carbocycles. The first-order valence-electron chi connectivity index (χ1n) is 10.5. The van der Waals surface area contributed by atoms with Crippen molar-refractivity contribution in [3.8, 4) is 5.75 Å². The summed E-state index contributed by atoms with van der Waals surface area (Å²) >= 11 is 3.34. The molecule has 2 aromatic rings. The van der Waals surface area contributed by atoms with E-state index in [1.165, 1.54) is 30.4 Å². The summed E-state index contributed by atoms with van der Waals surface area (Å²) < 4.78 is 5.17. The standard InChI is InChI=1S/C24H28N2O3S2/c1-3-4-13-30-14-5-12-25-23(27)18-8-11-21-20(16-18)26-24(28)22(31-21)15-17-6-9-19(29-2)10-7-17/h6-11,15-16H,3-5,12-14H2,1-2H3,(H,25,27)(H,26,28)/b22-15+. The molecule has 0 aliphatic carbocycles. The summed E-state index contributed by atoms with van der Waals surface area (Å²) in [7, 11) is 1.62. The number of fused-ring (bicyclic) bond motifs is 1. The number of nitrogens with one attached hydrogen (secondary N) is 2. The van der Waals surface area contributed by atoms with Gasteiger partial charge in [-0.15, -0.1) is 0 Å². The first-order chi connectivity index (χ1) is 15.1. The van der Waals surface area contributed by atoms with Crippen molar-refractivity contribution in [1.29, 1.82) is 0 Å².